The first kappa shape index (κ1) is 21.6. The topological polar surface area (TPSA) is 65.5 Å². The average molecular weight is 416 g/mol. The molecule has 2 N–H and O–H groups in total. The number of aromatic nitrogens is 1. The SMILES string of the molecule is CN(C)C(CNC(=O)CC(CC1CC1)c1cccnc1)Cc1ccc(O)c(Cl)c1. The van der Waals surface area contributed by atoms with E-state index in [9.17, 15) is 9.90 Å². The fraction of sp³-hybridized carbons (Fsp3) is 0.478. The van der Waals surface area contributed by atoms with Crippen molar-refractivity contribution in [2.45, 2.75) is 44.1 Å². The third kappa shape index (κ3) is 6.72. The van der Waals surface area contributed by atoms with E-state index in [1.54, 1.807) is 18.3 Å². The highest BCUT2D eigenvalue weighted by Gasteiger charge is 2.28. The van der Waals surface area contributed by atoms with Crippen LogP contribution in [-0.2, 0) is 11.2 Å². The Morgan fingerprint density at radius 2 is 2.14 bits per heavy atom. The first-order valence-electron chi connectivity index (χ1n) is 10.2. The number of carbonyl (C=O) groups excluding carboxylic acids is 1. The number of amides is 1. The molecule has 5 nitrogen and oxygen atoms in total. The fourth-order valence-electron chi connectivity index (χ4n) is 3.63. The second kappa shape index (κ2) is 10.1. The van der Waals surface area contributed by atoms with Crippen molar-refractivity contribution >= 4 is 17.5 Å². The maximum atomic E-state index is 12.7. The van der Waals surface area contributed by atoms with E-state index in [-0.39, 0.29) is 23.6 Å². The molecule has 2 aromatic rings. The van der Waals surface area contributed by atoms with Crippen LogP contribution in [0.25, 0.3) is 0 Å². The number of halogens is 1. The number of hydrogen-bond donors (Lipinski definition) is 2. The monoisotopic (exact) mass is 415 g/mol. The van der Waals surface area contributed by atoms with E-state index in [0.717, 1.165) is 29.9 Å². The average Bonchev–Trinajstić information content (AvgIpc) is 3.52. The molecule has 1 heterocycles. The second-order valence-corrected chi connectivity index (χ2v) is 8.69. The molecule has 1 aromatic carbocycles. The van der Waals surface area contributed by atoms with E-state index >= 15 is 0 Å². The number of pyridine rings is 1. The molecule has 29 heavy (non-hydrogen) atoms. The van der Waals surface area contributed by atoms with Gasteiger partial charge in [0, 0.05) is 31.4 Å². The first-order valence-corrected chi connectivity index (χ1v) is 10.6. The van der Waals surface area contributed by atoms with Gasteiger partial charge in [-0.25, -0.2) is 0 Å². The molecule has 2 atom stereocenters. The molecule has 0 aliphatic heterocycles. The van der Waals surface area contributed by atoms with Gasteiger partial charge in [-0.1, -0.05) is 36.6 Å². The van der Waals surface area contributed by atoms with Gasteiger partial charge in [0.1, 0.15) is 5.75 Å². The van der Waals surface area contributed by atoms with Crippen LogP contribution in [0.1, 0.15) is 42.7 Å². The van der Waals surface area contributed by atoms with Crippen molar-refractivity contribution in [1.82, 2.24) is 15.2 Å². The highest BCUT2D eigenvalue weighted by molar-refractivity contribution is 6.32. The number of aromatic hydroxyl groups is 1. The number of likely N-dealkylation sites (N-methyl/N-ethyl adjacent to an activating group) is 1. The summed E-state index contributed by atoms with van der Waals surface area (Å²) >= 11 is 6.03. The minimum Gasteiger partial charge on any atom is -0.506 e. The summed E-state index contributed by atoms with van der Waals surface area (Å²) in [7, 11) is 4.01. The zero-order valence-corrected chi connectivity index (χ0v) is 17.9. The quantitative estimate of drug-likeness (QED) is 0.615. The van der Waals surface area contributed by atoms with E-state index in [2.05, 4.69) is 21.3 Å². The van der Waals surface area contributed by atoms with Gasteiger partial charge in [-0.05, 0) is 68.1 Å². The Bertz CT molecular complexity index is 809. The molecular weight excluding hydrogens is 386 g/mol. The molecule has 2 unspecified atom stereocenters. The largest absolute Gasteiger partial charge is 0.506 e. The number of rotatable bonds is 10. The summed E-state index contributed by atoms with van der Waals surface area (Å²) in [5, 5.41) is 13.1. The molecule has 0 radical (unpaired) electrons. The van der Waals surface area contributed by atoms with E-state index in [4.69, 9.17) is 11.6 Å². The van der Waals surface area contributed by atoms with Crippen molar-refractivity contribution in [2.24, 2.45) is 5.92 Å². The third-order valence-electron chi connectivity index (χ3n) is 5.65. The van der Waals surface area contributed by atoms with Gasteiger partial charge < -0.3 is 15.3 Å². The van der Waals surface area contributed by atoms with Gasteiger partial charge in [-0.3, -0.25) is 9.78 Å². The predicted octanol–water partition coefficient (Wildman–Crippen LogP) is 4.00. The van der Waals surface area contributed by atoms with Gasteiger partial charge in [-0.15, -0.1) is 0 Å². The smallest absolute Gasteiger partial charge is 0.220 e. The summed E-state index contributed by atoms with van der Waals surface area (Å²) in [5.74, 6) is 1.14. The van der Waals surface area contributed by atoms with Gasteiger partial charge in [0.2, 0.25) is 5.91 Å². The molecule has 1 aromatic heterocycles. The zero-order chi connectivity index (χ0) is 20.8. The molecule has 0 spiro atoms. The highest BCUT2D eigenvalue weighted by Crippen LogP contribution is 2.39. The van der Waals surface area contributed by atoms with Crippen molar-refractivity contribution in [1.29, 1.82) is 0 Å². The molecule has 3 rings (SSSR count). The minimum absolute atomic E-state index is 0.0788. The summed E-state index contributed by atoms with van der Waals surface area (Å²) in [6.07, 6.45) is 8.50. The number of hydrogen-bond acceptors (Lipinski definition) is 4. The van der Waals surface area contributed by atoms with Crippen LogP contribution in [0.4, 0.5) is 0 Å². The summed E-state index contributed by atoms with van der Waals surface area (Å²) in [6, 6.07) is 9.42. The lowest BCUT2D eigenvalue weighted by atomic mass is 9.91. The second-order valence-electron chi connectivity index (χ2n) is 8.28. The zero-order valence-electron chi connectivity index (χ0n) is 17.1. The van der Waals surface area contributed by atoms with Crippen LogP contribution < -0.4 is 5.32 Å². The number of phenolic OH excluding ortho intramolecular Hbond substituents is 1. The number of nitrogens with zero attached hydrogens (tertiary/aromatic N) is 2. The minimum atomic E-state index is 0.0788. The molecule has 1 aliphatic carbocycles. The Morgan fingerprint density at radius 3 is 2.76 bits per heavy atom. The maximum absolute atomic E-state index is 12.7. The molecule has 6 heteroatoms. The van der Waals surface area contributed by atoms with Crippen LogP contribution in [0.5, 0.6) is 5.75 Å². The van der Waals surface area contributed by atoms with Crippen LogP contribution in [0.3, 0.4) is 0 Å². The van der Waals surface area contributed by atoms with Crippen LogP contribution in [-0.4, -0.2) is 47.6 Å². The fourth-order valence-corrected chi connectivity index (χ4v) is 3.83. The summed E-state index contributed by atoms with van der Waals surface area (Å²) < 4.78 is 0. The van der Waals surface area contributed by atoms with E-state index in [1.165, 1.54) is 12.8 Å². The standard InChI is InChI=1S/C23H30ClN3O2/c1-27(2)20(11-17-7-8-22(28)21(24)12-17)15-26-23(29)13-19(10-16-5-6-16)18-4-3-9-25-14-18/h3-4,7-9,12,14,16,19-20,28H,5-6,10-11,13,15H2,1-2H3,(H,26,29). The number of phenols is 1. The Labute approximate surface area is 178 Å². The Morgan fingerprint density at radius 1 is 1.34 bits per heavy atom. The number of carbonyl (C=O) groups is 1. The summed E-state index contributed by atoms with van der Waals surface area (Å²) in [5.41, 5.74) is 2.18. The highest BCUT2D eigenvalue weighted by atomic mass is 35.5. The van der Waals surface area contributed by atoms with Gasteiger partial charge in [0.05, 0.1) is 5.02 Å². The van der Waals surface area contributed by atoms with Gasteiger partial charge in [-0.2, -0.15) is 0 Å². The lowest BCUT2D eigenvalue weighted by molar-refractivity contribution is -0.121. The lowest BCUT2D eigenvalue weighted by Crippen LogP contribution is -2.41. The molecule has 0 bridgehead atoms. The van der Waals surface area contributed by atoms with Gasteiger partial charge in [0.25, 0.3) is 0 Å². The summed E-state index contributed by atoms with van der Waals surface area (Å²) in [4.78, 5) is 19.0. The van der Waals surface area contributed by atoms with Crippen LogP contribution in [0.15, 0.2) is 42.7 Å². The van der Waals surface area contributed by atoms with Crippen molar-refractivity contribution in [3.63, 3.8) is 0 Å². The number of benzene rings is 1. The molecule has 1 amide bonds. The Kier molecular flexibility index (Phi) is 7.51. The van der Waals surface area contributed by atoms with E-state index in [1.807, 2.05) is 32.4 Å². The van der Waals surface area contributed by atoms with Crippen LogP contribution in [0.2, 0.25) is 5.02 Å². The van der Waals surface area contributed by atoms with Crippen LogP contribution in [0, 0.1) is 5.92 Å². The molecule has 1 aliphatic rings. The first-order chi connectivity index (χ1) is 13.9. The maximum Gasteiger partial charge on any atom is 0.220 e. The van der Waals surface area contributed by atoms with E-state index < -0.39 is 0 Å². The van der Waals surface area contributed by atoms with Crippen LogP contribution >= 0.6 is 11.6 Å². The Hall–Kier alpha value is -2.11. The van der Waals surface area contributed by atoms with Crippen molar-refractivity contribution in [3.05, 3.63) is 58.9 Å². The molecule has 0 saturated heterocycles. The molecular formula is C23H30ClN3O2. The van der Waals surface area contributed by atoms with Gasteiger partial charge in [0.15, 0.2) is 0 Å². The molecule has 156 valence electrons. The van der Waals surface area contributed by atoms with E-state index in [0.29, 0.717) is 18.0 Å². The van der Waals surface area contributed by atoms with Crippen molar-refractivity contribution in [3.8, 4) is 5.75 Å². The lowest BCUT2D eigenvalue weighted by Gasteiger charge is -2.25. The molecule has 1 saturated carbocycles. The van der Waals surface area contributed by atoms with Crippen molar-refractivity contribution in [2.75, 3.05) is 20.6 Å². The van der Waals surface area contributed by atoms with Gasteiger partial charge >= 0.3 is 0 Å². The number of nitrogens with one attached hydrogen (secondary N) is 1. The van der Waals surface area contributed by atoms with Crippen molar-refractivity contribution < 1.29 is 9.90 Å². The molecule has 1 fully saturated rings. The normalized spacial score (nSPS) is 15.9. The Balaban J connectivity index is 1.56. The third-order valence-corrected chi connectivity index (χ3v) is 5.95. The predicted molar refractivity (Wildman–Crippen MR) is 116 cm³/mol. The summed E-state index contributed by atoms with van der Waals surface area (Å²) in [6.45, 7) is 0.563.